The zero-order valence-corrected chi connectivity index (χ0v) is 59.2. The molecule has 0 aromatic heterocycles. The van der Waals surface area contributed by atoms with E-state index in [4.69, 9.17) is 28.8 Å². The molecule has 1 N–H and O–H groups in total. The fraction of sp³-hybridized carbons (Fsp3) is 0.863. The number of carbonyl (C=O) groups excluding carboxylic acids is 4. The number of aliphatic hydroxyl groups is 1. The van der Waals surface area contributed by atoms with E-state index in [1.165, 1.54) is 56.6 Å². The van der Waals surface area contributed by atoms with Crippen molar-refractivity contribution in [3.63, 3.8) is 0 Å². The van der Waals surface area contributed by atoms with Crippen LogP contribution in [0.3, 0.4) is 0 Å². The molecule has 0 amide bonds. The number of hydrogen-bond donors (Lipinski definition) is 1. The van der Waals surface area contributed by atoms with Gasteiger partial charge in [0.1, 0.15) is 6.61 Å². The number of ketones is 1. The van der Waals surface area contributed by atoms with Crippen LogP contribution in [0.25, 0.3) is 0 Å². The summed E-state index contributed by atoms with van der Waals surface area (Å²) in [5, 5.41) is 8.91. The maximum atomic E-state index is 12.3. The van der Waals surface area contributed by atoms with Gasteiger partial charge in [-0.3, -0.25) is 19.2 Å². The van der Waals surface area contributed by atoms with E-state index < -0.39 is 0 Å². The van der Waals surface area contributed by atoms with Gasteiger partial charge in [0.15, 0.2) is 5.78 Å². The Morgan fingerprint density at radius 2 is 0.765 bits per heavy atom. The lowest BCUT2D eigenvalue weighted by atomic mass is 9.95. The van der Waals surface area contributed by atoms with Gasteiger partial charge in [-0.2, -0.15) is 0 Å². The average molecular weight is 1210 g/mol. The highest BCUT2D eigenvalue weighted by Gasteiger charge is 2.23. The van der Waals surface area contributed by atoms with Crippen LogP contribution in [0.1, 0.15) is 304 Å². The number of aliphatic hydroxyl groups excluding tert-OH is 1. The standard InChI is InChI=1S/C47H88O6.C18H36O2.C8H14O4/c1-38(2)19-15-21-40(5)29-35-52-46(9,10)31-17-23-42(7)27-33-50-37-44(48)25-13-14-26-45(49)51-34-28-43(8)24-18-32-47(11,12)53-36-30-41(6)22-16-20-39(3)4;1-15(2)9-7-11-17(4)20-18(5,6)13-8-10-16(3)12-14-19;1-11-7(9)5-3-4-6-8(10)12-2/h19-20,40-43H,13-18,21-37H2,1-12H3;9,16-17,19H,7-8,10-14H2,1-6H3;3-6H2,1-2H3. The molecule has 0 spiro atoms. The van der Waals surface area contributed by atoms with E-state index in [1.54, 1.807) is 0 Å². The Hall–Kier alpha value is -2.90. The number of ether oxygens (including phenoxy) is 7. The Kier molecular flexibility index (Phi) is 54.9. The Balaban J connectivity index is -0.00000170. The van der Waals surface area contributed by atoms with Crippen LogP contribution in [0.4, 0.5) is 0 Å². The molecule has 6 unspecified atom stereocenters. The highest BCUT2D eigenvalue weighted by atomic mass is 16.5. The number of allylic oxidation sites excluding steroid dienone is 6. The zero-order chi connectivity index (χ0) is 65.1. The summed E-state index contributed by atoms with van der Waals surface area (Å²) in [4.78, 5) is 45.7. The molecule has 12 heteroatoms. The predicted molar refractivity (Wildman–Crippen MR) is 356 cm³/mol. The van der Waals surface area contributed by atoms with E-state index in [1.807, 2.05) is 0 Å². The van der Waals surface area contributed by atoms with Crippen LogP contribution in [0.2, 0.25) is 0 Å². The van der Waals surface area contributed by atoms with Crippen LogP contribution in [-0.4, -0.2) is 106 Å². The van der Waals surface area contributed by atoms with Gasteiger partial charge in [0.2, 0.25) is 0 Å². The van der Waals surface area contributed by atoms with Crippen LogP contribution in [0.15, 0.2) is 34.9 Å². The summed E-state index contributed by atoms with van der Waals surface area (Å²) in [5.41, 5.74) is 3.95. The molecule has 0 bridgehead atoms. The molecule has 0 aromatic carbocycles. The van der Waals surface area contributed by atoms with Crippen molar-refractivity contribution >= 4 is 23.7 Å². The maximum Gasteiger partial charge on any atom is 0.305 e. The second-order valence-corrected chi connectivity index (χ2v) is 27.7. The van der Waals surface area contributed by atoms with Crippen LogP contribution in [0, 0.1) is 29.6 Å². The van der Waals surface area contributed by atoms with Gasteiger partial charge in [-0.05, 0) is 235 Å². The normalized spacial score (nSPS) is 13.8. The third kappa shape index (κ3) is 63.9. The summed E-state index contributed by atoms with van der Waals surface area (Å²) in [6.07, 6.45) is 33.5. The number of methoxy groups -OCH3 is 2. The summed E-state index contributed by atoms with van der Waals surface area (Å²) in [7, 11) is 2.70. The van der Waals surface area contributed by atoms with E-state index >= 15 is 0 Å². The molecule has 12 nitrogen and oxygen atoms in total. The Bertz CT molecular complexity index is 1720. The Labute approximate surface area is 524 Å². The highest BCUT2D eigenvalue weighted by molar-refractivity contribution is 5.79. The highest BCUT2D eigenvalue weighted by Crippen LogP contribution is 2.26. The van der Waals surface area contributed by atoms with E-state index in [2.05, 4.69) is 152 Å². The van der Waals surface area contributed by atoms with Crippen molar-refractivity contribution in [1.29, 1.82) is 0 Å². The van der Waals surface area contributed by atoms with Crippen LogP contribution in [-0.2, 0) is 52.3 Å². The van der Waals surface area contributed by atoms with Crippen molar-refractivity contribution < 1.29 is 57.4 Å². The SMILES string of the molecule is CC(C)=CCCC(C)CCOC(C)(C)CCCC(C)CCOCC(=O)CCCCC(=O)OCCC(C)CCCC(C)(C)OCCC(C)CCC=C(C)C.CC(C)=CCCC(C)OC(C)(C)CCCC(C)CCO.COC(=O)CCCCC(=O)OC. The Morgan fingerprint density at radius 3 is 1.18 bits per heavy atom. The number of hydrogen-bond acceptors (Lipinski definition) is 12. The predicted octanol–water partition coefficient (Wildman–Crippen LogP) is 19.2. The monoisotopic (exact) mass is 1210 g/mol. The lowest BCUT2D eigenvalue weighted by molar-refractivity contribution is -0.144. The summed E-state index contributed by atoms with van der Waals surface area (Å²) in [5.74, 6) is 2.54. The molecule has 502 valence electrons. The van der Waals surface area contributed by atoms with E-state index in [9.17, 15) is 19.2 Å². The minimum absolute atomic E-state index is 0.0384. The van der Waals surface area contributed by atoms with E-state index in [0.29, 0.717) is 107 Å². The first kappa shape index (κ1) is 86.3. The second kappa shape index (κ2) is 54.1. The minimum atomic E-state index is -0.236. The molecule has 6 atom stereocenters. The molecule has 0 aromatic rings. The minimum Gasteiger partial charge on any atom is -0.469 e. The van der Waals surface area contributed by atoms with Gasteiger partial charge in [-0.1, -0.05) is 108 Å². The van der Waals surface area contributed by atoms with Gasteiger partial charge in [0.05, 0.1) is 43.7 Å². The topological polar surface area (TPSA) is 153 Å². The first-order chi connectivity index (χ1) is 39.9. The fourth-order valence-corrected chi connectivity index (χ4v) is 9.69. The summed E-state index contributed by atoms with van der Waals surface area (Å²) in [6.45, 7) is 42.9. The summed E-state index contributed by atoms with van der Waals surface area (Å²) < 4.78 is 38.7. The van der Waals surface area contributed by atoms with Crippen molar-refractivity contribution in [3.05, 3.63) is 34.9 Å². The number of rotatable bonds is 51. The third-order valence-corrected chi connectivity index (χ3v) is 15.8. The molecule has 0 heterocycles. The maximum absolute atomic E-state index is 12.3. The van der Waals surface area contributed by atoms with E-state index in [-0.39, 0.29) is 47.1 Å². The van der Waals surface area contributed by atoms with Crippen molar-refractivity contribution in [3.8, 4) is 0 Å². The summed E-state index contributed by atoms with van der Waals surface area (Å²) in [6, 6.07) is 0. The number of carbonyl (C=O) groups is 4. The molecule has 0 saturated heterocycles. The molecule has 0 radical (unpaired) electrons. The van der Waals surface area contributed by atoms with Crippen molar-refractivity contribution in [1.82, 2.24) is 0 Å². The van der Waals surface area contributed by atoms with Crippen LogP contribution < -0.4 is 0 Å². The van der Waals surface area contributed by atoms with Crippen LogP contribution >= 0.6 is 0 Å². The van der Waals surface area contributed by atoms with E-state index in [0.717, 1.165) is 116 Å². The van der Waals surface area contributed by atoms with Crippen molar-refractivity contribution in [2.75, 3.05) is 53.9 Å². The third-order valence-electron chi connectivity index (χ3n) is 15.8. The van der Waals surface area contributed by atoms with Crippen LogP contribution in [0.5, 0.6) is 0 Å². The molecule has 0 fully saturated rings. The van der Waals surface area contributed by atoms with Crippen molar-refractivity contribution in [2.45, 2.75) is 327 Å². The first-order valence-electron chi connectivity index (χ1n) is 33.7. The Morgan fingerprint density at radius 1 is 0.412 bits per heavy atom. The van der Waals surface area contributed by atoms with Gasteiger partial charge < -0.3 is 38.3 Å². The van der Waals surface area contributed by atoms with Gasteiger partial charge in [0.25, 0.3) is 0 Å². The smallest absolute Gasteiger partial charge is 0.305 e. The fourth-order valence-electron chi connectivity index (χ4n) is 9.69. The molecule has 0 aliphatic heterocycles. The molecule has 85 heavy (non-hydrogen) atoms. The molecule has 0 rings (SSSR count). The quantitative estimate of drug-likeness (QED) is 0.0267. The van der Waals surface area contributed by atoms with Gasteiger partial charge in [0, 0.05) is 52.1 Å². The lowest BCUT2D eigenvalue weighted by Gasteiger charge is -2.29. The molecular formula is C73H138O12. The number of Topliss-reactive ketones (excluding diaryl/α,β-unsaturated/α-hetero) is 1. The lowest BCUT2D eigenvalue weighted by Crippen LogP contribution is -2.29. The molecule has 0 saturated carbocycles. The largest absolute Gasteiger partial charge is 0.469 e. The summed E-state index contributed by atoms with van der Waals surface area (Å²) >= 11 is 0. The number of esters is 3. The average Bonchev–Trinajstić information content (AvgIpc) is 3.50. The van der Waals surface area contributed by atoms with Gasteiger partial charge >= 0.3 is 17.9 Å². The number of unbranched alkanes of at least 4 members (excludes halogenated alkanes) is 2. The molecule has 0 aliphatic carbocycles. The van der Waals surface area contributed by atoms with Gasteiger partial charge in [-0.25, -0.2) is 0 Å². The zero-order valence-electron chi connectivity index (χ0n) is 59.2. The molecule has 0 aliphatic rings. The molecular weight excluding hydrogens is 1070 g/mol. The van der Waals surface area contributed by atoms with Crippen molar-refractivity contribution in [2.24, 2.45) is 29.6 Å². The van der Waals surface area contributed by atoms with Gasteiger partial charge in [-0.15, -0.1) is 0 Å². The second-order valence-electron chi connectivity index (χ2n) is 27.7. The first-order valence-corrected chi connectivity index (χ1v) is 33.7.